The number of aldehydes is 1. The fourth-order valence-electron chi connectivity index (χ4n) is 2.95. The molecule has 0 bridgehead atoms. The summed E-state index contributed by atoms with van der Waals surface area (Å²) >= 11 is 0. The second-order valence-corrected chi connectivity index (χ2v) is 8.51. The van der Waals surface area contributed by atoms with E-state index in [1.54, 1.807) is 53.4 Å². The second-order valence-electron chi connectivity index (χ2n) is 6.58. The zero-order chi connectivity index (χ0) is 20.1. The molecule has 0 aromatic heterocycles. The molecule has 28 heavy (non-hydrogen) atoms. The number of amides is 1. The zero-order valence-electron chi connectivity index (χ0n) is 15.6. The Morgan fingerprint density at radius 3 is 2.39 bits per heavy atom. The monoisotopic (exact) mass is 402 g/mol. The third-order valence-corrected chi connectivity index (χ3v) is 6.52. The molecule has 148 valence electrons. The van der Waals surface area contributed by atoms with Gasteiger partial charge in [-0.3, -0.25) is 9.59 Å². The number of rotatable bonds is 6. The van der Waals surface area contributed by atoms with E-state index in [1.165, 1.54) is 4.31 Å². The first kappa shape index (κ1) is 20.0. The summed E-state index contributed by atoms with van der Waals surface area (Å²) in [5.41, 5.74) is 1.47. The molecule has 2 aromatic rings. The summed E-state index contributed by atoms with van der Waals surface area (Å²) in [4.78, 5) is 25.0. The summed E-state index contributed by atoms with van der Waals surface area (Å²) in [6, 6.07) is 13.3. The second kappa shape index (κ2) is 8.53. The van der Waals surface area contributed by atoms with Gasteiger partial charge in [-0.1, -0.05) is 29.8 Å². The molecule has 0 aliphatic carbocycles. The molecule has 1 saturated heterocycles. The summed E-state index contributed by atoms with van der Waals surface area (Å²) < 4.78 is 32.3. The van der Waals surface area contributed by atoms with Crippen molar-refractivity contribution in [2.24, 2.45) is 0 Å². The number of sulfonamides is 1. The molecule has 1 heterocycles. The highest BCUT2D eigenvalue weighted by atomic mass is 32.2. The highest BCUT2D eigenvalue weighted by Gasteiger charge is 2.30. The van der Waals surface area contributed by atoms with Crippen molar-refractivity contribution in [3.8, 4) is 5.75 Å². The molecular formula is C20H22N2O5S. The maximum atomic E-state index is 12.7. The fraction of sp³-hybridized carbons (Fsp3) is 0.300. The number of carbonyl (C=O) groups is 2. The predicted molar refractivity (Wildman–Crippen MR) is 104 cm³/mol. The van der Waals surface area contributed by atoms with Gasteiger partial charge in [-0.25, -0.2) is 8.42 Å². The fourth-order valence-corrected chi connectivity index (χ4v) is 4.37. The Morgan fingerprint density at radius 1 is 1.07 bits per heavy atom. The van der Waals surface area contributed by atoms with Gasteiger partial charge in [0.05, 0.1) is 4.90 Å². The number of aryl methyl sites for hydroxylation is 1. The van der Waals surface area contributed by atoms with Crippen LogP contribution in [0.1, 0.15) is 15.9 Å². The summed E-state index contributed by atoms with van der Waals surface area (Å²) in [5.74, 6) is 0.224. The van der Waals surface area contributed by atoms with E-state index in [1.807, 2.05) is 6.92 Å². The predicted octanol–water partition coefficient (Wildman–Crippen LogP) is 1.72. The van der Waals surface area contributed by atoms with Crippen LogP contribution >= 0.6 is 0 Å². The Hall–Kier alpha value is -2.71. The SMILES string of the molecule is Cc1ccc(S(=O)(=O)N2CCN(C(=O)COc3cccc(C=O)c3)CC2)cc1. The van der Waals surface area contributed by atoms with E-state index in [0.29, 0.717) is 30.7 Å². The van der Waals surface area contributed by atoms with Gasteiger partial charge in [-0.15, -0.1) is 0 Å². The van der Waals surface area contributed by atoms with Crippen LogP contribution in [0.25, 0.3) is 0 Å². The van der Waals surface area contributed by atoms with Crippen molar-refractivity contribution in [2.75, 3.05) is 32.8 Å². The maximum Gasteiger partial charge on any atom is 0.260 e. The quantitative estimate of drug-likeness (QED) is 0.687. The van der Waals surface area contributed by atoms with Crippen molar-refractivity contribution in [2.45, 2.75) is 11.8 Å². The summed E-state index contributed by atoms with van der Waals surface area (Å²) in [5, 5.41) is 0. The van der Waals surface area contributed by atoms with Crippen molar-refractivity contribution in [1.82, 2.24) is 9.21 Å². The highest BCUT2D eigenvalue weighted by Crippen LogP contribution is 2.18. The van der Waals surface area contributed by atoms with Crippen molar-refractivity contribution in [3.05, 3.63) is 59.7 Å². The number of piperazine rings is 1. The van der Waals surface area contributed by atoms with Crippen LogP contribution in [0.3, 0.4) is 0 Å². The normalized spacial score (nSPS) is 15.2. The summed E-state index contributed by atoms with van der Waals surface area (Å²) in [6.45, 7) is 2.83. The van der Waals surface area contributed by atoms with E-state index < -0.39 is 10.0 Å². The Morgan fingerprint density at radius 2 is 1.75 bits per heavy atom. The lowest BCUT2D eigenvalue weighted by atomic mass is 10.2. The molecule has 1 fully saturated rings. The molecule has 2 aromatic carbocycles. The van der Waals surface area contributed by atoms with Crippen LogP contribution < -0.4 is 4.74 Å². The molecule has 0 saturated carbocycles. The Balaban J connectivity index is 1.55. The molecule has 3 rings (SSSR count). The third kappa shape index (κ3) is 4.58. The summed E-state index contributed by atoms with van der Waals surface area (Å²) in [6.07, 6.45) is 0.711. The number of hydrogen-bond donors (Lipinski definition) is 0. The van der Waals surface area contributed by atoms with Crippen molar-refractivity contribution in [3.63, 3.8) is 0 Å². The average molecular weight is 402 g/mol. The van der Waals surface area contributed by atoms with Crippen molar-refractivity contribution < 1.29 is 22.7 Å². The van der Waals surface area contributed by atoms with Crippen LogP contribution in [0.2, 0.25) is 0 Å². The first-order chi connectivity index (χ1) is 13.4. The first-order valence-corrected chi connectivity index (χ1v) is 10.4. The van der Waals surface area contributed by atoms with Crippen LogP contribution in [0, 0.1) is 6.92 Å². The molecule has 0 radical (unpaired) electrons. The van der Waals surface area contributed by atoms with E-state index in [4.69, 9.17) is 4.74 Å². The molecule has 0 unspecified atom stereocenters. The molecular weight excluding hydrogens is 380 g/mol. The van der Waals surface area contributed by atoms with Crippen LogP contribution in [-0.4, -0.2) is 62.6 Å². The van der Waals surface area contributed by atoms with Gasteiger partial charge in [0, 0.05) is 31.7 Å². The van der Waals surface area contributed by atoms with Gasteiger partial charge in [0.15, 0.2) is 6.61 Å². The molecule has 8 heteroatoms. The lowest BCUT2D eigenvalue weighted by Crippen LogP contribution is -2.51. The van der Waals surface area contributed by atoms with Crippen LogP contribution in [-0.2, 0) is 14.8 Å². The van der Waals surface area contributed by atoms with Gasteiger partial charge in [0.25, 0.3) is 5.91 Å². The molecule has 0 N–H and O–H groups in total. The van der Waals surface area contributed by atoms with Crippen LogP contribution in [0.4, 0.5) is 0 Å². The van der Waals surface area contributed by atoms with Gasteiger partial charge in [-0.05, 0) is 31.2 Å². The maximum absolute atomic E-state index is 12.7. The minimum absolute atomic E-state index is 0.160. The van der Waals surface area contributed by atoms with Crippen LogP contribution in [0.15, 0.2) is 53.4 Å². The Labute approximate surface area is 164 Å². The minimum Gasteiger partial charge on any atom is -0.484 e. The van der Waals surface area contributed by atoms with E-state index in [2.05, 4.69) is 0 Å². The van der Waals surface area contributed by atoms with E-state index in [0.717, 1.165) is 5.56 Å². The van der Waals surface area contributed by atoms with E-state index in [9.17, 15) is 18.0 Å². The molecule has 0 atom stereocenters. The lowest BCUT2D eigenvalue weighted by Gasteiger charge is -2.34. The zero-order valence-corrected chi connectivity index (χ0v) is 16.4. The smallest absolute Gasteiger partial charge is 0.260 e. The number of ether oxygens (including phenoxy) is 1. The number of nitrogens with zero attached hydrogens (tertiary/aromatic N) is 2. The number of hydrogen-bond acceptors (Lipinski definition) is 5. The molecule has 0 spiro atoms. The number of carbonyl (C=O) groups excluding carboxylic acids is 2. The van der Waals surface area contributed by atoms with Crippen molar-refractivity contribution >= 4 is 22.2 Å². The lowest BCUT2D eigenvalue weighted by molar-refractivity contribution is -0.134. The summed E-state index contributed by atoms with van der Waals surface area (Å²) in [7, 11) is -3.56. The third-order valence-electron chi connectivity index (χ3n) is 4.61. The van der Waals surface area contributed by atoms with Gasteiger partial charge < -0.3 is 9.64 Å². The Bertz CT molecular complexity index is 949. The molecule has 7 nitrogen and oxygen atoms in total. The van der Waals surface area contributed by atoms with Gasteiger partial charge in [0.1, 0.15) is 12.0 Å². The molecule has 1 aliphatic heterocycles. The van der Waals surface area contributed by atoms with Gasteiger partial charge in [0.2, 0.25) is 10.0 Å². The molecule has 1 aliphatic rings. The van der Waals surface area contributed by atoms with Gasteiger partial charge >= 0.3 is 0 Å². The topological polar surface area (TPSA) is 84.0 Å². The minimum atomic E-state index is -3.56. The largest absolute Gasteiger partial charge is 0.484 e. The van der Waals surface area contributed by atoms with Crippen LogP contribution in [0.5, 0.6) is 5.75 Å². The highest BCUT2D eigenvalue weighted by molar-refractivity contribution is 7.89. The molecule has 1 amide bonds. The first-order valence-electron chi connectivity index (χ1n) is 8.93. The Kier molecular flexibility index (Phi) is 6.11. The van der Waals surface area contributed by atoms with Gasteiger partial charge in [-0.2, -0.15) is 4.31 Å². The number of benzene rings is 2. The van der Waals surface area contributed by atoms with Crippen molar-refractivity contribution in [1.29, 1.82) is 0 Å². The van der Waals surface area contributed by atoms with E-state index >= 15 is 0 Å². The average Bonchev–Trinajstić information content (AvgIpc) is 2.72. The van der Waals surface area contributed by atoms with E-state index in [-0.39, 0.29) is 30.5 Å². The standard InChI is InChI=1S/C20H22N2O5S/c1-16-5-7-19(8-6-16)28(25,26)22-11-9-21(10-12-22)20(24)15-27-18-4-2-3-17(13-18)14-23/h2-8,13-14H,9-12,15H2,1H3.